The molecule has 1 nitrogen and oxygen atoms in total. The molecule has 0 spiro atoms. The van der Waals surface area contributed by atoms with Gasteiger partial charge < -0.3 is 5.32 Å². The standard InChI is InChI=1S/C17H22BrNS/c1-13(19-12-16-15(18)9-10-20-16)11-17(2,3)14-7-5-4-6-8-14/h4-10,13,19H,11-12H2,1-3H3. The van der Waals surface area contributed by atoms with E-state index in [2.05, 4.69) is 83.8 Å². The number of benzene rings is 1. The molecule has 0 aliphatic rings. The van der Waals surface area contributed by atoms with Crippen LogP contribution in [-0.2, 0) is 12.0 Å². The third kappa shape index (κ3) is 4.18. The topological polar surface area (TPSA) is 12.0 Å². The second kappa shape index (κ2) is 6.88. The number of halogens is 1. The minimum Gasteiger partial charge on any atom is -0.309 e. The Hall–Kier alpha value is -0.640. The summed E-state index contributed by atoms with van der Waals surface area (Å²) in [5.41, 5.74) is 1.60. The van der Waals surface area contributed by atoms with Gasteiger partial charge in [0.1, 0.15) is 0 Å². The van der Waals surface area contributed by atoms with Gasteiger partial charge in [-0.2, -0.15) is 0 Å². The van der Waals surface area contributed by atoms with E-state index in [1.54, 1.807) is 11.3 Å². The molecule has 2 rings (SSSR count). The van der Waals surface area contributed by atoms with Gasteiger partial charge >= 0.3 is 0 Å². The Balaban J connectivity index is 1.91. The SMILES string of the molecule is CC(CC(C)(C)c1ccccc1)NCc1sccc1Br. The lowest BCUT2D eigenvalue weighted by atomic mass is 9.79. The van der Waals surface area contributed by atoms with Gasteiger partial charge in [-0.25, -0.2) is 0 Å². The van der Waals surface area contributed by atoms with E-state index >= 15 is 0 Å². The summed E-state index contributed by atoms with van der Waals surface area (Å²) in [6.45, 7) is 7.85. The third-order valence-corrected chi connectivity index (χ3v) is 5.60. The van der Waals surface area contributed by atoms with E-state index in [1.165, 1.54) is 14.9 Å². The fourth-order valence-corrected chi connectivity index (χ4v) is 4.01. The van der Waals surface area contributed by atoms with Crippen molar-refractivity contribution in [3.05, 3.63) is 56.7 Å². The summed E-state index contributed by atoms with van der Waals surface area (Å²) in [6.07, 6.45) is 1.13. The molecule has 1 aromatic heterocycles. The Morgan fingerprint density at radius 1 is 1.20 bits per heavy atom. The largest absolute Gasteiger partial charge is 0.309 e. The van der Waals surface area contributed by atoms with E-state index < -0.39 is 0 Å². The highest BCUT2D eigenvalue weighted by atomic mass is 79.9. The molecule has 2 aromatic rings. The van der Waals surface area contributed by atoms with Crippen LogP contribution in [0.3, 0.4) is 0 Å². The average Bonchev–Trinajstić information content (AvgIpc) is 2.82. The zero-order chi connectivity index (χ0) is 14.6. The highest BCUT2D eigenvalue weighted by Crippen LogP contribution is 2.28. The van der Waals surface area contributed by atoms with E-state index in [0.717, 1.165) is 13.0 Å². The zero-order valence-corrected chi connectivity index (χ0v) is 14.7. The number of hydrogen-bond acceptors (Lipinski definition) is 2. The predicted molar refractivity (Wildman–Crippen MR) is 92.4 cm³/mol. The van der Waals surface area contributed by atoms with Crippen molar-refractivity contribution < 1.29 is 0 Å². The van der Waals surface area contributed by atoms with Crippen LogP contribution in [0.4, 0.5) is 0 Å². The highest BCUT2D eigenvalue weighted by Gasteiger charge is 2.23. The summed E-state index contributed by atoms with van der Waals surface area (Å²) >= 11 is 5.38. The molecule has 1 N–H and O–H groups in total. The molecule has 20 heavy (non-hydrogen) atoms. The quantitative estimate of drug-likeness (QED) is 0.738. The number of rotatable bonds is 6. The fraction of sp³-hybridized carbons (Fsp3) is 0.412. The predicted octanol–water partition coefficient (Wildman–Crippen LogP) is 5.36. The molecule has 0 aliphatic heterocycles. The molecule has 0 saturated carbocycles. The van der Waals surface area contributed by atoms with Gasteiger partial charge in [-0.1, -0.05) is 44.2 Å². The normalized spacial score (nSPS) is 13.4. The van der Waals surface area contributed by atoms with Crippen molar-refractivity contribution >= 4 is 27.3 Å². The molecule has 0 radical (unpaired) electrons. The lowest BCUT2D eigenvalue weighted by molar-refractivity contribution is 0.389. The third-order valence-electron chi connectivity index (χ3n) is 3.67. The maximum Gasteiger partial charge on any atom is 0.0327 e. The molecule has 0 saturated heterocycles. The Bertz CT molecular complexity index is 533. The minimum absolute atomic E-state index is 0.195. The van der Waals surface area contributed by atoms with E-state index in [4.69, 9.17) is 0 Å². The van der Waals surface area contributed by atoms with Crippen molar-refractivity contribution in [1.29, 1.82) is 0 Å². The van der Waals surface area contributed by atoms with Gasteiger partial charge in [0.05, 0.1) is 0 Å². The molecule has 1 atom stereocenters. The van der Waals surface area contributed by atoms with Gasteiger partial charge in [-0.05, 0) is 51.7 Å². The van der Waals surface area contributed by atoms with E-state index in [0.29, 0.717) is 6.04 Å². The number of nitrogens with one attached hydrogen (secondary N) is 1. The molecular weight excluding hydrogens is 330 g/mol. The van der Waals surface area contributed by atoms with Gasteiger partial charge in [0.2, 0.25) is 0 Å². The van der Waals surface area contributed by atoms with E-state index in [9.17, 15) is 0 Å². The lowest BCUT2D eigenvalue weighted by Crippen LogP contribution is -2.32. The first kappa shape index (κ1) is 15.7. The highest BCUT2D eigenvalue weighted by molar-refractivity contribution is 9.10. The van der Waals surface area contributed by atoms with Crippen LogP contribution < -0.4 is 5.32 Å². The average molecular weight is 352 g/mol. The summed E-state index contributed by atoms with van der Waals surface area (Å²) in [4.78, 5) is 1.37. The van der Waals surface area contributed by atoms with Crippen LogP contribution in [0.15, 0.2) is 46.3 Å². The van der Waals surface area contributed by atoms with Crippen molar-refractivity contribution in [2.45, 2.75) is 45.2 Å². The molecule has 0 aliphatic carbocycles. The second-order valence-corrected chi connectivity index (χ2v) is 7.78. The summed E-state index contributed by atoms with van der Waals surface area (Å²) in [6, 6.07) is 13.4. The zero-order valence-electron chi connectivity index (χ0n) is 12.3. The van der Waals surface area contributed by atoms with Gasteiger partial charge in [0, 0.05) is 21.9 Å². The first-order chi connectivity index (χ1) is 9.49. The van der Waals surface area contributed by atoms with Gasteiger partial charge in [0.15, 0.2) is 0 Å². The molecule has 1 unspecified atom stereocenters. The smallest absolute Gasteiger partial charge is 0.0327 e. The summed E-state index contributed by atoms with van der Waals surface area (Å²) in [5.74, 6) is 0. The molecule has 3 heteroatoms. The van der Waals surface area contributed by atoms with Crippen LogP contribution in [0.1, 0.15) is 37.6 Å². The van der Waals surface area contributed by atoms with Crippen molar-refractivity contribution in [1.82, 2.24) is 5.32 Å². The maximum atomic E-state index is 3.63. The van der Waals surface area contributed by atoms with Crippen LogP contribution in [-0.4, -0.2) is 6.04 Å². The Labute approximate surface area is 134 Å². The number of thiophene rings is 1. The van der Waals surface area contributed by atoms with Gasteiger partial charge in [-0.15, -0.1) is 11.3 Å². The molecule has 0 amide bonds. The van der Waals surface area contributed by atoms with Crippen LogP contribution in [0.5, 0.6) is 0 Å². The Morgan fingerprint density at radius 2 is 1.90 bits per heavy atom. The molecule has 0 bridgehead atoms. The summed E-state index contributed by atoms with van der Waals surface area (Å²) < 4.78 is 1.21. The molecule has 108 valence electrons. The first-order valence-electron chi connectivity index (χ1n) is 7.00. The first-order valence-corrected chi connectivity index (χ1v) is 8.67. The summed E-state index contributed by atoms with van der Waals surface area (Å²) in [7, 11) is 0. The van der Waals surface area contributed by atoms with Crippen molar-refractivity contribution in [2.24, 2.45) is 0 Å². The van der Waals surface area contributed by atoms with Crippen LogP contribution >= 0.6 is 27.3 Å². The lowest BCUT2D eigenvalue weighted by Gasteiger charge is -2.29. The Kier molecular flexibility index (Phi) is 5.42. The molecular formula is C17H22BrNS. The maximum absolute atomic E-state index is 3.63. The van der Waals surface area contributed by atoms with E-state index in [-0.39, 0.29) is 5.41 Å². The van der Waals surface area contributed by atoms with Crippen molar-refractivity contribution in [3.8, 4) is 0 Å². The molecule has 0 fully saturated rings. The summed E-state index contributed by atoms with van der Waals surface area (Å²) in [5, 5.41) is 5.76. The van der Waals surface area contributed by atoms with E-state index in [1.807, 2.05) is 0 Å². The minimum atomic E-state index is 0.195. The number of hydrogen-bond donors (Lipinski definition) is 1. The molecule has 1 heterocycles. The monoisotopic (exact) mass is 351 g/mol. The van der Waals surface area contributed by atoms with Gasteiger partial charge in [0.25, 0.3) is 0 Å². The van der Waals surface area contributed by atoms with Gasteiger partial charge in [-0.3, -0.25) is 0 Å². The van der Waals surface area contributed by atoms with Crippen LogP contribution in [0, 0.1) is 0 Å². The Morgan fingerprint density at radius 3 is 2.50 bits per heavy atom. The fourth-order valence-electron chi connectivity index (χ4n) is 2.56. The van der Waals surface area contributed by atoms with Crippen molar-refractivity contribution in [2.75, 3.05) is 0 Å². The van der Waals surface area contributed by atoms with Crippen molar-refractivity contribution in [3.63, 3.8) is 0 Å². The molecule has 1 aromatic carbocycles. The van der Waals surface area contributed by atoms with Crippen LogP contribution in [0.2, 0.25) is 0 Å². The van der Waals surface area contributed by atoms with Crippen LogP contribution in [0.25, 0.3) is 0 Å². The second-order valence-electron chi connectivity index (χ2n) is 5.93.